The van der Waals surface area contributed by atoms with Gasteiger partial charge in [0.2, 0.25) is 0 Å². The van der Waals surface area contributed by atoms with Gasteiger partial charge in [-0.1, -0.05) is 0 Å². The summed E-state index contributed by atoms with van der Waals surface area (Å²) in [4.78, 5) is 0. The Morgan fingerprint density at radius 2 is 1.75 bits per heavy atom. The molecule has 4 heteroatoms. The second-order valence-electron chi connectivity index (χ2n) is 2.23. The van der Waals surface area contributed by atoms with Crippen molar-refractivity contribution in [1.29, 1.82) is 5.26 Å². The summed E-state index contributed by atoms with van der Waals surface area (Å²) in [7, 11) is 0. The summed E-state index contributed by atoms with van der Waals surface area (Å²) in [5, 5.41) is 17.1. The van der Waals surface area contributed by atoms with Crippen molar-refractivity contribution < 1.29 is 13.9 Å². The lowest BCUT2D eigenvalue weighted by Gasteiger charge is -2.01. The van der Waals surface area contributed by atoms with Crippen LogP contribution in [0.1, 0.15) is 11.7 Å². The lowest BCUT2D eigenvalue weighted by atomic mass is 10.1. The molecule has 1 aromatic carbocycles. The smallest absolute Gasteiger partial charge is 0.166 e. The minimum absolute atomic E-state index is 0.0741. The zero-order valence-electron chi connectivity index (χ0n) is 5.96. The van der Waals surface area contributed by atoms with E-state index in [1.54, 1.807) is 0 Å². The van der Waals surface area contributed by atoms with E-state index in [2.05, 4.69) is 0 Å². The molecule has 0 spiro atoms. The van der Waals surface area contributed by atoms with E-state index in [-0.39, 0.29) is 5.56 Å². The molecule has 62 valence electrons. The molecule has 0 aliphatic carbocycles. The van der Waals surface area contributed by atoms with Crippen molar-refractivity contribution >= 4 is 0 Å². The lowest BCUT2D eigenvalue weighted by molar-refractivity contribution is 0.235. The number of halogens is 2. The van der Waals surface area contributed by atoms with Crippen LogP contribution in [0, 0.1) is 23.0 Å². The molecule has 1 N–H and O–H groups in total. The Hall–Kier alpha value is -1.47. The van der Waals surface area contributed by atoms with E-state index in [0.717, 1.165) is 12.1 Å². The lowest BCUT2D eigenvalue weighted by Crippen LogP contribution is -1.95. The van der Waals surface area contributed by atoms with E-state index in [0.29, 0.717) is 6.07 Å². The molecule has 0 unspecified atom stereocenters. The molecule has 2 nitrogen and oxygen atoms in total. The first-order valence-corrected chi connectivity index (χ1v) is 3.17. The van der Waals surface area contributed by atoms with Crippen LogP contribution in [-0.2, 0) is 0 Å². The molecule has 1 rings (SSSR count). The number of nitriles is 1. The fourth-order valence-electron chi connectivity index (χ4n) is 0.808. The SMILES string of the molecule is N#C[C@@H](O)c1cc(F)cc(F)c1. The van der Waals surface area contributed by atoms with Gasteiger partial charge in [0.1, 0.15) is 11.6 Å². The van der Waals surface area contributed by atoms with Crippen molar-refractivity contribution in [3.8, 4) is 6.07 Å². The number of nitrogens with zero attached hydrogens (tertiary/aromatic N) is 1. The normalized spacial score (nSPS) is 12.2. The van der Waals surface area contributed by atoms with Crippen LogP contribution in [0.5, 0.6) is 0 Å². The third kappa shape index (κ3) is 1.77. The average Bonchev–Trinajstić information content (AvgIpc) is 2.01. The third-order valence-electron chi connectivity index (χ3n) is 1.32. The Morgan fingerprint density at radius 1 is 1.25 bits per heavy atom. The number of aliphatic hydroxyl groups is 1. The van der Waals surface area contributed by atoms with Crippen molar-refractivity contribution in [3.05, 3.63) is 35.4 Å². The number of benzene rings is 1. The largest absolute Gasteiger partial charge is 0.374 e. The highest BCUT2D eigenvalue weighted by Gasteiger charge is 2.08. The second kappa shape index (κ2) is 3.28. The van der Waals surface area contributed by atoms with Gasteiger partial charge in [0.05, 0.1) is 6.07 Å². The van der Waals surface area contributed by atoms with Crippen LogP contribution in [0.3, 0.4) is 0 Å². The number of hydrogen-bond acceptors (Lipinski definition) is 2. The predicted molar refractivity (Wildman–Crippen MR) is 36.9 cm³/mol. The summed E-state index contributed by atoms with van der Waals surface area (Å²) < 4.78 is 24.9. The molecule has 1 aromatic rings. The first-order valence-electron chi connectivity index (χ1n) is 3.17. The zero-order chi connectivity index (χ0) is 9.14. The molecule has 0 heterocycles. The van der Waals surface area contributed by atoms with Gasteiger partial charge in [0.25, 0.3) is 0 Å². The molecule has 0 saturated carbocycles. The molecule has 0 aliphatic heterocycles. The molecule has 12 heavy (non-hydrogen) atoms. The first-order chi connectivity index (χ1) is 5.63. The van der Waals surface area contributed by atoms with E-state index >= 15 is 0 Å². The van der Waals surface area contributed by atoms with Crippen molar-refractivity contribution in [2.45, 2.75) is 6.10 Å². The summed E-state index contributed by atoms with van der Waals surface area (Å²) in [6.07, 6.45) is -1.48. The van der Waals surface area contributed by atoms with Crippen LogP contribution < -0.4 is 0 Å². The molecule has 0 amide bonds. The summed E-state index contributed by atoms with van der Waals surface area (Å²) in [5.41, 5.74) is -0.0741. The van der Waals surface area contributed by atoms with Crippen molar-refractivity contribution in [3.63, 3.8) is 0 Å². The first kappa shape index (κ1) is 8.62. The van der Waals surface area contributed by atoms with Gasteiger partial charge < -0.3 is 5.11 Å². The molecular formula is C8H5F2NO. The van der Waals surface area contributed by atoms with Crippen LogP contribution in [-0.4, -0.2) is 5.11 Å². The topological polar surface area (TPSA) is 44.0 Å². The van der Waals surface area contributed by atoms with Gasteiger partial charge in [-0.25, -0.2) is 8.78 Å². The predicted octanol–water partition coefficient (Wildman–Crippen LogP) is 1.52. The summed E-state index contributed by atoms with van der Waals surface area (Å²) in [5.74, 6) is -1.61. The minimum atomic E-state index is -1.48. The molecule has 1 atom stereocenters. The fourth-order valence-corrected chi connectivity index (χ4v) is 0.808. The van der Waals surface area contributed by atoms with Crippen LogP contribution >= 0.6 is 0 Å². The van der Waals surface area contributed by atoms with E-state index in [1.165, 1.54) is 6.07 Å². The fraction of sp³-hybridized carbons (Fsp3) is 0.125. The molecule has 0 aromatic heterocycles. The van der Waals surface area contributed by atoms with Gasteiger partial charge in [0.15, 0.2) is 6.10 Å². The van der Waals surface area contributed by atoms with Crippen LogP contribution in [0.25, 0.3) is 0 Å². The standard InChI is InChI=1S/C8H5F2NO/c9-6-1-5(8(12)4-11)2-7(10)3-6/h1-3,8,12H/t8-/m1/s1. The van der Waals surface area contributed by atoms with E-state index in [4.69, 9.17) is 10.4 Å². The Bertz CT molecular complexity index is 312. The van der Waals surface area contributed by atoms with Crippen molar-refractivity contribution in [2.75, 3.05) is 0 Å². The van der Waals surface area contributed by atoms with Crippen molar-refractivity contribution in [2.24, 2.45) is 0 Å². The maximum Gasteiger partial charge on any atom is 0.166 e. The maximum atomic E-state index is 12.5. The number of rotatable bonds is 1. The van der Waals surface area contributed by atoms with Gasteiger partial charge in [-0.2, -0.15) is 5.26 Å². The Morgan fingerprint density at radius 3 is 2.17 bits per heavy atom. The monoisotopic (exact) mass is 169 g/mol. The summed E-state index contributed by atoms with van der Waals surface area (Å²) in [6.45, 7) is 0. The van der Waals surface area contributed by atoms with E-state index in [1.807, 2.05) is 0 Å². The maximum absolute atomic E-state index is 12.5. The van der Waals surface area contributed by atoms with Gasteiger partial charge in [-0.05, 0) is 12.1 Å². The molecule has 0 bridgehead atoms. The third-order valence-corrected chi connectivity index (χ3v) is 1.32. The second-order valence-corrected chi connectivity index (χ2v) is 2.23. The molecular weight excluding hydrogens is 164 g/mol. The van der Waals surface area contributed by atoms with E-state index in [9.17, 15) is 8.78 Å². The number of hydrogen-bond donors (Lipinski definition) is 1. The van der Waals surface area contributed by atoms with Crippen LogP contribution in [0.2, 0.25) is 0 Å². The molecule has 0 fully saturated rings. The molecule has 0 aliphatic rings. The minimum Gasteiger partial charge on any atom is -0.374 e. The van der Waals surface area contributed by atoms with Gasteiger partial charge >= 0.3 is 0 Å². The van der Waals surface area contributed by atoms with Crippen LogP contribution in [0.15, 0.2) is 18.2 Å². The Labute approximate surface area is 67.7 Å². The summed E-state index contributed by atoms with van der Waals surface area (Å²) in [6, 6.07) is 3.96. The van der Waals surface area contributed by atoms with E-state index < -0.39 is 17.7 Å². The average molecular weight is 169 g/mol. The van der Waals surface area contributed by atoms with Crippen LogP contribution in [0.4, 0.5) is 8.78 Å². The Kier molecular flexibility index (Phi) is 2.36. The summed E-state index contributed by atoms with van der Waals surface area (Å²) >= 11 is 0. The highest BCUT2D eigenvalue weighted by Crippen LogP contribution is 2.14. The molecule has 0 saturated heterocycles. The molecule has 0 radical (unpaired) electrons. The van der Waals surface area contributed by atoms with Gasteiger partial charge in [-0.15, -0.1) is 0 Å². The van der Waals surface area contributed by atoms with Gasteiger partial charge in [0, 0.05) is 11.6 Å². The van der Waals surface area contributed by atoms with Crippen molar-refractivity contribution in [1.82, 2.24) is 0 Å². The zero-order valence-corrected chi connectivity index (χ0v) is 5.96. The highest BCUT2D eigenvalue weighted by atomic mass is 19.1. The number of aliphatic hydroxyl groups excluding tert-OH is 1. The van der Waals surface area contributed by atoms with Gasteiger partial charge in [-0.3, -0.25) is 0 Å². The highest BCUT2D eigenvalue weighted by molar-refractivity contribution is 5.23. The quantitative estimate of drug-likeness (QED) is 0.647. The Balaban J connectivity index is 3.10.